The summed E-state index contributed by atoms with van der Waals surface area (Å²) in [5.41, 5.74) is 6.34. The molecule has 2 aromatic rings. The molecule has 0 fully saturated rings. The first kappa shape index (κ1) is 14.1. The maximum atomic E-state index is 5.31. The summed E-state index contributed by atoms with van der Waals surface area (Å²) in [6.07, 6.45) is 0. The number of rotatable bonds is 3. The van der Waals surface area contributed by atoms with Crippen molar-refractivity contribution in [1.29, 1.82) is 0 Å². The summed E-state index contributed by atoms with van der Waals surface area (Å²) >= 11 is 3.81. The molecule has 1 nitrogen and oxygen atoms in total. The number of hydrogen-bond donors (Lipinski definition) is 0. The molecule has 0 aromatic heterocycles. The predicted octanol–water partition coefficient (Wildman–Crippen LogP) is 5.10. The quantitative estimate of drug-likeness (QED) is 0.715. The van der Waals surface area contributed by atoms with Gasteiger partial charge >= 0.3 is 0 Å². The largest absolute Gasteiger partial charge is 0.496 e. The van der Waals surface area contributed by atoms with Gasteiger partial charge in [-0.15, -0.1) is 0 Å². The molecule has 0 saturated carbocycles. The van der Waals surface area contributed by atoms with Gasteiger partial charge in [-0.3, -0.25) is 0 Å². The lowest BCUT2D eigenvalue weighted by molar-refractivity contribution is 0.411. The minimum absolute atomic E-state index is 0.220. The third kappa shape index (κ3) is 3.01. The minimum atomic E-state index is 0.220. The van der Waals surface area contributed by atoms with Gasteiger partial charge < -0.3 is 4.74 Å². The smallest absolute Gasteiger partial charge is 0.121 e. The summed E-state index contributed by atoms with van der Waals surface area (Å²) in [6.45, 7) is 6.36. The first-order valence-electron chi connectivity index (χ1n) is 6.38. The summed E-state index contributed by atoms with van der Waals surface area (Å²) in [5.74, 6) is 0.934. The van der Waals surface area contributed by atoms with Gasteiger partial charge in [0.15, 0.2) is 0 Å². The van der Waals surface area contributed by atoms with E-state index in [-0.39, 0.29) is 4.83 Å². The van der Waals surface area contributed by atoms with E-state index >= 15 is 0 Å². The van der Waals surface area contributed by atoms with Crippen molar-refractivity contribution in [2.24, 2.45) is 0 Å². The SMILES string of the molecule is COc1ccc(C(Br)c2ccc(C)cc2C)cc1C. The van der Waals surface area contributed by atoms with Gasteiger partial charge in [0.2, 0.25) is 0 Å². The van der Waals surface area contributed by atoms with Gasteiger partial charge in [-0.1, -0.05) is 51.8 Å². The van der Waals surface area contributed by atoms with E-state index in [0.717, 1.165) is 11.3 Å². The van der Waals surface area contributed by atoms with Gasteiger partial charge in [0.25, 0.3) is 0 Å². The van der Waals surface area contributed by atoms with Crippen LogP contribution in [-0.4, -0.2) is 7.11 Å². The molecule has 0 aliphatic heterocycles. The van der Waals surface area contributed by atoms with Crippen molar-refractivity contribution in [3.63, 3.8) is 0 Å². The predicted molar refractivity (Wildman–Crippen MR) is 84.4 cm³/mol. The highest BCUT2D eigenvalue weighted by molar-refractivity contribution is 9.09. The van der Waals surface area contributed by atoms with Crippen LogP contribution >= 0.6 is 15.9 Å². The lowest BCUT2D eigenvalue weighted by Crippen LogP contribution is -1.98. The average molecular weight is 319 g/mol. The summed E-state index contributed by atoms with van der Waals surface area (Å²) in [5, 5.41) is 0. The van der Waals surface area contributed by atoms with Crippen molar-refractivity contribution >= 4 is 15.9 Å². The van der Waals surface area contributed by atoms with Gasteiger partial charge in [-0.05, 0) is 49.1 Å². The lowest BCUT2D eigenvalue weighted by Gasteiger charge is -2.16. The number of hydrogen-bond acceptors (Lipinski definition) is 1. The van der Waals surface area contributed by atoms with Gasteiger partial charge in [0, 0.05) is 0 Å². The molecule has 19 heavy (non-hydrogen) atoms. The second kappa shape index (κ2) is 5.79. The summed E-state index contributed by atoms with van der Waals surface area (Å²) < 4.78 is 5.31. The zero-order chi connectivity index (χ0) is 14.0. The zero-order valence-corrected chi connectivity index (χ0v) is 13.4. The fourth-order valence-electron chi connectivity index (χ4n) is 2.35. The molecule has 1 unspecified atom stereocenters. The molecule has 0 heterocycles. The Bertz CT molecular complexity index is 590. The molecule has 0 aliphatic rings. The van der Waals surface area contributed by atoms with Crippen LogP contribution in [0.15, 0.2) is 36.4 Å². The van der Waals surface area contributed by atoms with Gasteiger partial charge in [-0.25, -0.2) is 0 Å². The Morgan fingerprint density at radius 1 is 0.947 bits per heavy atom. The molecule has 0 N–H and O–H groups in total. The number of ether oxygens (including phenoxy) is 1. The molecule has 0 saturated heterocycles. The fourth-order valence-corrected chi connectivity index (χ4v) is 3.15. The Hall–Kier alpha value is -1.28. The van der Waals surface area contributed by atoms with Crippen LogP contribution in [0.4, 0.5) is 0 Å². The molecule has 1 atom stereocenters. The molecule has 100 valence electrons. The molecule has 0 spiro atoms. The number of alkyl halides is 1. The van der Waals surface area contributed by atoms with E-state index in [1.54, 1.807) is 7.11 Å². The molecule has 2 rings (SSSR count). The third-order valence-corrected chi connectivity index (χ3v) is 4.43. The summed E-state index contributed by atoms with van der Waals surface area (Å²) in [7, 11) is 1.71. The molecule has 2 aromatic carbocycles. The third-order valence-electron chi connectivity index (χ3n) is 3.41. The first-order chi connectivity index (χ1) is 9.02. The summed E-state index contributed by atoms with van der Waals surface area (Å²) in [6, 6.07) is 12.9. The van der Waals surface area contributed by atoms with Crippen molar-refractivity contribution in [2.75, 3.05) is 7.11 Å². The first-order valence-corrected chi connectivity index (χ1v) is 7.30. The zero-order valence-electron chi connectivity index (χ0n) is 11.8. The maximum absolute atomic E-state index is 5.31. The molecular formula is C17H19BrO. The molecular weight excluding hydrogens is 300 g/mol. The van der Waals surface area contributed by atoms with Crippen molar-refractivity contribution in [3.8, 4) is 5.75 Å². The van der Waals surface area contributed by atoms with Gasteiger partial charge in [0.05, 0.1) is 11.9 Å². The second-order valence-corrected chi connectivity index (χ2v) is 5.87. The van der Waals surface area contributed by atoms with Gasteiger partial charge in [0.1, 0.15) is 5.75 Å². The number of halogens is 1. The van der Waals surface area contributed by atoms with Crippen LogP contribution in [0.2, 0.25) is 0 Å². The normalized spacial score (nSPS) is 12.3. The second-order valence-electron chi connectivity index (χ2n) is 4.95. The van der Waals surface area contributed by atoms with E-state index < -0.39 is 0 Å². The van der Waals surface area contributed by atoms with Crippen LogP contribution in [0.25, 0.3) is 0 Å². The molecule has 0 radical (unpaired) electrons. The standard InChI is InChI=1S/C17H19BrO/c1-11-5-7-15(12(2)9-11)17(18)14-6-8-16(19-4)13(3)10-14/h5-10,17H,1-4H3. The molecule has 0 aliphatic carbocycles. The Balaban J connectivity index is 2.38. The Morgan fingerprint density at radius 2 is 1.68 bits per heavy atom. The highest BCUT2D eigenvalue weighted by atomic mass is 79.9. The van der Waals surface area contributed by atoms with Crippen LogP contribution < -0.4 is 4.74 Å². The van der Waals surface area contributed by atoms with Crippen molar-refractivity contribution in [3.05, 3.63) is 64.2 Å². The van der Waals surface area contributed by atoms with Crippen molar-refractivity contribution < 1.29 is 4.74 Å². The monoisotopic (exact) mass is 318 g/mol. The summed E-state index contributed by atoms with van der Waals surface area (Å²) in [4.78, 5) is 0.220. The Morgan fingerprint density at radius 3 is 2.26 bits per heavy atom. The highest BCUT2D eigenvalue weighted by Crippen LogP contribution is 2.35. The number of benzene rings is 2. The maximum Gasteiger partial charge on any atom is 0.121 e. The van der Waals surface area contributed by atoms with Crippen LogP contribution in [0, 0.1) is 20.8 Å². The Labute approximate surface area is 123 Å². The van der Waals surface area contributed by atoms with Crippen LogP contribution in [0.1, 0.15) is 32.6 Å². The topological polar surface area (TPSA) is 9.23 Å². The number of methoxy groups -OCH3 is 1. The van der Waals surface area contributed by atoms with Crippen molar-refractivity contribution in [1.82, 2.24) is 0 Å². The minimum Gasteiger partial charge on any atom is -0.496 e. The fraction of sp³-hybridized carbons (Fsp3) is 0.294. The average Bonchev–Trinajstić information content (AvgIpc) is 2.38. The molecule has 2 heteroatoms. The van der Waals surface area contributed by atoms with Crippen LogP contribution in [-0.2, 0) is 0 Å². The highest BCUT2D eigenvalue weighted by Gasteiger charge is 2.13. The van der Waals surface area contributed by atoms with E-state index in [1.165, 1.54) is 22.3 Å². The van der Waals surface area contributed by atoms with Crippen molar-refractivity contribution in [2.45, 2.75) is 25.6 Å². The van der Waals surface area contributed by atoms with Crippen LogP contribution in [0.5, 0.6) is 5.75 Å². The van der Waals surface area contributed by atoms with E-state index in [1.807, 2.05) is 6.07 Å². The van der Waals surface area contributed by atoms with E-state index in [4.69, 9.17) is 4.74 Å². The van der Waals surface area contributed by atoms with Gasteiger partial charge in [-0.2, -0.15) is 0 Å². The lowest BCUT2D eigenvalue weighted by atomic mass is 9.97. The van der Waals surface area contributed by atoms with E-state index in [0.29, 0.717) is 0 Å². The van der Waals surface area contributed by atoms with E-state index in [2.05, 4.69) is 67.0 Å². The van der Waals surface area contributed by atoms with Crippen LogP contribution in [0.3, 0.4) is 0 Å². The number of aryl methyl sites for hydroxylation is 3. The molecule has 0 bridgehead atoms. The Kier molecular flexibility index (Phi) is 4.31. The van der Waals surface area contributed by atoms with E-state index in [9.17, 15) is 0 Å². The molecule has 0 amide bonds.